The lowest BCUT2D eigenvalue weighted by atomic mass is 9.73. The zero-order valence-corrected chi connectivity index (χ0v) is 24.4. The average Bonchev–Trinajstić information content (AvgIpc) is 2.93. The highest BCUT2D eigenvalue weighted by Gasteiger charge is 2.42. The van der Waals surface area contributed by atoms with Gasteiger partial charge in [0.1, 0.15) is 18.1 Å². The van der Waals surface area contributed by atoms with Crippen molar-refractivity contribution in [3.63, 3.8) is 0 Å². The number of Topliss-reactive ketones (excluding diaryl/α,β-unsaturated/α-hetero) is 2. The largest absolute Gasteiger partial charge is 0.490 e. The van der Waals surface area contributed by atoms with E-state index in [0.717, 1.165) is 51.9 Å². The van der Waals surface area contributed by atoms with E-state index in [2.05, 4.69) is 53.8 Å². The van der Waals surface area contributed by atoms with Crippen molar-refractivity contribution in [3.8, 4) is 11.5 Å². The molecule has 200 valence electrons. The van der Waals surface area contributed by atoms with Crippen LogP contribution < -0.4 is 9.47 Å². The Morgan fingerprint density at radius 3 is 2.28 bits per heavy atom. The van der Waals surface area contributed by atoms with Gasteiger partial charge in [-0.15, -0.1) is 0 Å². The minimum Gasteiger partial charge on any atom is -0.490 e. The zero-order valence-electron chi connectivity index (χ0n) is 22.3. The maximum absolute atomic E-state index is 13.2. The fraction of sp³-hybridized carbons (Fsp3) is 0.333. The van der Waals surface area contributed by atoms with Gasteiger partial charge >= 0.3 is 0 Å². The van der Waals surface area contributed by atoms with Crippen molar-refractivity contribution in [2.45, 2.75) is 64.9 Å². The third-order valence-electron chi connectivity index (χ3n) is 7.94. The minimum atomic E-state index is -0.425. The second kappa shape index (κ2) is 10.8. The quantitative estimate of drug-likeness (QED) is 0.259. The van der Waals surface area contributed by atoms with Gasteiger partial charge < -0.3 is 14.2 Å². The van der Waals surface area contributed by atoms with E-state index in [0.29, 0.717) is 48.7 Å². The van der Waals surface area contributed by atoms with Gasteiger partial charge in [-0.2, -0.15) is 0 Å². The third kappa shape index (κ3) is 4.77. The smallest absolute Gasteiger partial charge is 0.174 e. The molecule has 0 radical (unpaired) electrons. The molecule has 0 amide bonds. The second-order valence-electron chi connectivity index (χ2n) is 10.4. The Balaban J connectivity index is 1.42. The summed E-state index contributed by atoms with van der Waals surface area (Å²) in [6, 6.07) is 16.6. The van der Waals surface area contributed by atoms with Gasteiger partial charge in [-0.1, -0.05) is 36.4 Å². The summed E-state index contributed by atoms with van der Waals surface area (Å²) in [7, 11) is 0. The lowest BCUT2D eigenvalue weighted by Crippen LogP contribution is -2.30. The summed E-state index contributed by atoms with van der Waals surface area (Å²) in [5.74, 6) is 2.51. The molecular weight excluding hydrogens is 603 g/mol. The van der Waals surface area contributed by atoms with Crippen LogP contribution in [-0.4, -0.2) is 18.2 Å². The lowest BCUT2D eigenvalue weighted by molar-refractivity contribution is -0.117. The minimum absolute atomic E-state index is 0.0749. The highest BCUT2D eigenvalue weighted by Crippen LogP contribution is 2.49. The van der Waals surface area contributed by atoms with E-state index in [1.54, 1.807) is 0 Å². The molecule has 0 saturated carbocycles. The summed E-state index contributed by atoms with van der Waals surface area (Å²) in [6.07, 6.45) is 3.98. The number of rotatable bonds is 6. The summed E-state index contributed by atoms with van der Waals surface area (Å²) in [5.41, 5.74) is 4.49. The fourth-order valence-electron chi connectivity index (χ4n) is 6.09. The summed E-state index contributed by atoms with van der Waals surface area (Å²) >= 11 is 2.28. The molecule has 39 heavy (non-hydrogen) atoms. The van der Waals surface area contributed by atoms with E-state index in [1.165, 1.54) is 16.3 Å². The average molecular weight is 635 g/mol. The first-order valence-electron chi connectivity index (χ1n) is 13.7. The van der Waals surface area contributed by atoms with Crippen LogP contribution in [0.25, 0.3) is 10.8 Å². The number of carbonyl (C=O) groups is 2. The van der Waals surface area contributed by atoms with Gasteiger partial charge in [0.2, 0.25) is 0 Å². The van der Waals surface area contributed by atoms with Crippen molar-refractivity contribution < 1.29 is 23.8 Å². The molecule has 0 saturated heterocycles. The molecule has 2 aliphatic carbocycles. The SMILES string of the molecule is CCOc1cc(C2C3=C(CCCC3=O)OC3=C2C(=O)CCC3)cc(I)c1OCc1c(C)ccc2ccccc12. The predicted molar refractivity (Wildman–Crippen MR) is 159 cm³/mol. The van der Waals surface area contributed by atoms with Gasteiger partial charge in [-0.05, 0) is 83.3 Å². The Morgan fingerprint density at radius 1 is 0.897 bits per heavy atom. The van der Waals surface area contributed by atoms with Crippen LogP contribution in [0.1, 0.15) is 68.1 Å². The molecular formula is C33H31IO5. The van der Waals surface area contributed by atoms with Gasteiger partial charge in [-0.25, -0.2) is 0 Å². The van der Waals surface area contributed by atoms with Crippen LogP contribution in [0.4, 0.5) is 0 Å². The van der Waals surface area contributed by atoms with Crippen LogP contribution in [0.5, 0.6) is 11.5 Å². The molecule has 0 fully saturated rings. The van der Waals surface area contributed by atoms with Gasteiger partial charge in [-0.3, -0.25) is 9.59 Å². The molecule has 1 aliphatic heterocycles. The molecule has 3 aliphatic rings. The molecule has 1 heterocycles. The summed E-state index contributed by atoms with van der Waals surface area (Å²) < 4.78 is 19.7. The number of fused-ring (bicyclic) bond motifs is 1. The first-order chi connectivity index (χ1) is 19.0. The molecule has 5 nitrogen and oxygen atoms in total. The number of allylic oxidation sites excluding steroid dienone is 4. The van der Waals surface area contributed by atoms with Crippen LogP contribution in [0.3, 0.4) is 0 Å². The number of carbonyl (C=O) groups excluding carboxylic acids is 2. The van der Waals surface area contributed by atoms with Crippen molar-refractivity contribution in [2.24, 2.45) is 0 Å². The number of ketones is 2. The summed E-state index contributed by atoms with van der Waals surface area (Å²) in [5, 5.41) is 2.36. The Kier molecular flexibility index (Phi) is 7.23. The zero-order chi connectivity index (χ0) is 27.1. The first kappa shape index (κ1) is 26.1. The highest BCUT2D eigenvalue weighted by molar-refractivity contribution is 14.1. The number of ether oxygens (including phenoxy) is 3. The normalized spacial score (nSPS) is 17.7. The Hall–Kier alpha value is -3.13. The second-order valence-corrected chi connectivity index (χ2v) is 11.6. The van der Waals surface area contributed by atoms with Crippen molar-refractivity contribution in [1.82, 2.24) is 0 Å². The summed E-state index contributed by atoms with van der Waals surface area (Å²) in [4.78, 5) is 26.4. The van der Waals surface area contributed by atoms with E-state index >= 15 is 0 Å². The van der Waals surface area contributed by atoms with Crippen LogP contribution in [0, 0.1) is 10.5 Å². The lowest BCUT2D eigenvalue weighted by Gasteiger charge is -2.36. The fourth-order valence-corrected chi connectivity index (χ4v) is 6.87. The number of benzene rings is 3. The Morgan fingerprint density at radius 2 is 1.59 bits per heavy atom. The van der Waals surface area contributed by atoms with Crippen molar-refractivity contribution in [1.29, 1.82) is 0 Å². The van der Waals surface area contributed by atoms with Crippen LogP contribution in [0.15, 0.2) is 71.2 Å². The molecule has 6 rings (SSSR count). The van der Waals surface area contributed by atoms with E-state index in [9.17, 15) is 9.59 Å². The monoisotopic (exact) mass is 634 g/mol. The van der Waals surface area contributed by atoms with E-state index < -0.39 is 5.92 Å². The van der Waals surface area contributed by atoms with Crippen LogP contribution >= 0.6 is 22.6 Å². The molecule has 0 bridgehead atoms. The molecule has 0 N–H and O–H groups in total. The van der Waals surface area contributed by atoms with Crippen molar-refractivity contribution >= 4 is 44.9 Å². The number of hydrogen-bond acceptors (Lipinski definition) is 5. The number of halogens is 1. The highest BCUT2D eigenvalue weighted by atomic mass is 127. The first-order valence-corrected chi connectivity index (χ1v) is 14.8. The third-order valence-corrected chi connectivity index (χ3v) is 8.74. The standard InChI is InChI=1S/C33H31IO5/c1-3-37-29-17-21(30-31-25(35)10-6-12-27(31)39-28-13-7-11-26(36)32(28)30)16-24(34)33(29)38-18-23-19(2)14-15-20-8-4-5-9-22(20)23/h4-5,8-9,14-17,30H,3,6-7,10-13,18H2,1-2H3. The van der Waals surface area contributed by atoms with E-state index in [-0.39, 0.29) is 11.6 Å². The van der Waals surface area contributed by atoms with Gasteiger partial charge in [0, 0.05) is 48.3 Å². The molecule has 3 aromatic carbocycles. The maximum atomic E-state index is 13.2. The molecule has 0 atom stereocenters. The van der Waals surface area contributed by atoms with E-state index in [4.69, 9.17) is 14.2 Å². The van der Waals surface area contributed by atoms with Crippen LogP contribution in [-0.2, 0) is 20.9 Å². The molecule has 3 aromatic rings. The van der Waals surface area contributed by atoms with E-state index in [1.807, 2.05) is 31.2 Å². The molecule has 0 spiro atoms. The predicted octanol–water partition coefficient (Wildman–Crippen LogP) is 7.86. The maximum Gasteiger partial charge on any atom is 0.174 e. The van der Waals surface area contributed by atoms with Crippen molar-refractivity contribution in [3.05, 3.63) is 91.5 Å². The Labute approximate surface area is 242 Å². The van der Waals surface area contributed by atoms with Crippen LogP contribution in [0.2, 0.25) is 0 Å². The van der Waals surface area contributed by atoms with Gasteiger partial charge in [0.05, 0.1) is 10.2 Å². The number of hydrogen-bond donors (Lipinski definition) is 0. The molecule has 0 unspecified atom stereocenters. The Bertz CT molecular complexity index is 1520. The topological polar surface area (TPSA) is 61.8 Å². The summed E-state index contributed by atoms with van der Waals surface area (Å²) in [6.45, 7) is 4.92. The molecule has 6 heteroatoms. The number of aryl methyl sites for hydroxylation is 1. The van der Waals surface area contributed by atoms with Gasteiger partial charge in [0.15, 0.2) is 23.1 Å². The van der Waals surface area contributed by atoms with Crippen molar-refractivity contribution in [2.75, 3.05) is 6.61 Å². The molecule has 0 aromatic heterocycles. The van der Waals surface area contributed by atoms with Gasteiger partial charge in [0.25, 0.3) is 0 Å².